The maximum atomic E-state index is 9.77. The van der Waals surface area contributed by atoms with E-state index in [1.54, 1.807) is 29.4 Å². The number of carbonyl (C=O) groups excluding carboxylic acids is 6. The van der Waals surface area contributed by atoms with Gasteiger partial charge in [0, 0.05) is 35.8 Å². The molecule has 546 valence electrons. The summed E-state index contributed by atoms with van der Waals surface area (Å²) in [4.78, 5) is 69.3. The van der Waals surface area contributed by atoms with Crippen molar-refractivity contribution in [3.05, 3.63) is 0 Å². The van der Waals surface area contributed by atoms with Crippen molar-refractivity contribution in [1.29, 1.82) is 0 Å². The standard InChI is InChI=1S/6C9H21N.3C6H10O4/c6*1-4-7-10(8-5-2)9-6-3;3*7-5(8)3-1-2-4-6(9)10/h6*4-9H2,1-3H3;3*1-4H2,(H,7,8)(H,9,10). The second-order valence-corrected chi connectivity index (χ2v) is 23.9. The van der Waals surface area contributed by atoms with Gasteiger partial charge in [0.25, 0.3) is 0 Å². The van der Waals surface area contributed by atoms with Crippen molar-refractivity contribution in [2.24, 2.45) is 0 Å². The van der Waals surface area contributed by atoms with Crippen LogP contribution in [0.1, 0.15) is 317 Å². The molecule has 0 aliphatic rings. The number of carbonyl (C=O) groups is 6. The summed E-state index contributed by atoms with van der Waals surface area (Å²) >= 11 is 0. The van der Waals surface area contributed by atoms with Crippen molar-refractivity contribution in [2.75, 3.05) is 118 Å². The summed E-state index contributed by atoms with van der Waals surface area (Å²) in [7, 11) is 0. The molecule has 0 radical (unpaired) electrons. The number of nitrogens with one attached hydrogen (secondary N) is 6. The predicted octanol–water partition coefficient (Wildman–Crippen LogP) is 0.748. The second-order valence-electron chi connectivity index (χ2n) is 23.9. The molecule has 18 heteroatoms. The highest BCUT2D eigenvalue weighted by Gasteiger charge is 2.06. The van der Waals surface area contributed by atoms with Crippen molar-refractivity contribution in [3.8, 4) is 0 Å². The van der Waals surface area contributed by atoms with E-state index in [0.717, 1.165) is 0 Å². The fourth-order valence-electron chi connectivity index (χ4n) is 10.2. The van der Waals surface area contributed by atoms with Crippen molar-refractivity contribution >= 4 is 35.8 Å². The van der Waals surface area contributed by atoms with Gasteiger partial charge in [-0.25, -0.2) is 0 Å². The molecule has 0 aliphatic heterocycles. The third kappa shape index (κ3) is 115. The van der Waals surface area contributed by atoms with Gasteiger partial charge < -0.3 is 88.8 Å². The Hall–Kier alpha value is -3.42. The van der Waals surface area contributed by atoms with Gasteiger partial charge in [-0.2, -0.15) is 0 Å². The van der Waals surface area contributed by atoms with Crippen LogP contribution in [-0.2, 0) is 28.8 Å². The Kier molecular flexibility index (Phi) is 110. The van der Waals surface area contributed by atoms with Gasteiger partial charge in [0.15, 0.2) is 0 Å². The van der Waals surface area contributed by atoms with Gasteiger partial charge in [0.05, 0.1) is 118 Å². The normalized spacial score (nSPS) is 10.3. The van der Waals surface area contributed by atoms with E-state index in [1.807, 2.05) is 0 Å². The molecule has 0 amide bonds. The van der Waals surface area contributed by atoms with Crippen LogP contribution in [0.3, 0.4) is 0 Å². The van der Waals surface area contributed by atoms with E-state index in [4.69, 9.17) is 0 Å². The molecule has 18 nitrogen and oxygen atoms in total. The number of rotatable bonds is 51. The SMILES string of the molecule is CCC[NH+](CCC)CCC.CCC[NH+](CCC)CCC.CCC[NH+](CCC)CCC.CCC[NH+](CCC)CCC.CCC[NH+](CCC)CCC.CCC[NH+](CCC)CCC.O=C([O-])CCCCC(=O)[O-].O=C([O-])CCCCC(=O)[O-].O=C([O-])CCCCC(=O)[O-]. The van der Waals surface area contributed by atoms with Crippen LogP contribution in [0.5, 0.6) is 0 Å². The zero-order valence-corrected chi connectivity index (χ0v) is 62.8. The molecule has 0 aliphatic carbocycles. The van der Waals surface area contributed by atoms with Gasteiger partial charge in [0.1, 0.15) is 0 Å². The van der Waals surface area contributed by atoms with Gasteiger partial charge in [-0.3, -0.25) is 0 Å². The van der Waals surface area contributed by atoms with E-state index in [0.29, 0.717) is 38.5 Å². The van der Waals surface area contributed by atoms with E-state index < -0.39 is 35.8 Å². The molecule has 0 aromatic carbocycles. The molecule has 0 rings (SSSR count). The second kappa shape index (κ2) is 94.3. The summed E-state index contributed by atoms with van der Waals surface area (Å²) < 4.78 is 0. The topological polar surface area (TPSA) is 267 Å². The maximum absolute atomic E-state index is 9.77. The lowest BCUT2D eigenvalue weighted by Gasteiger charge is -2.16. The van der Waals surface area contributed by atoms with Crippen LogP contribution in [0.4, 0.5) is 0 Å². The van der Waals surface area contributed by atoms with E-state index >= 15 is 0 Å². The Labute approximate surface area is 557 Å². The van der Waals surface area contributed by atoms with Crippen LogP contribution in [0.2, 0.25) is 0 Å². The summed E-state index contributed by atoms with van der Waals surface area (Å²) in [6.07, 6.45) is 25.5. The Bertz CT molecular complexity index is 1070. The molecule has 0 atom stereocenters. The molecule has 6 N–H and O–H groups in total. The van der Waals surface area contributed by atoms with E-state index in [-0.39, 0.29) is 38.5 Å². The first kappa shape index (κ1) is 105. The molecule has 0 unspecified atom stereocenters. The molecule has 0 aromatic heterocycles. The van der Waals surface area contributed by atoms with Gasteiger partial charge in [-0.1, -0.05) is 125 Å². The molecule has 0 aromatic rings. The number of hydrogen-bond donors (Lipinski definition) is 6. The first-order valence-corrected chi connectivity index (χ1v) is 37.2. The Balaban J connectivity index is -0.000000117. The lowest BCUT2D eigenvalue weighted by molar-refractivity contribution is -0.900. The molecule has 0 saturated heterocycles. The van der Waals surface area contributed by atoms with Crippen molar-refractivity contribution < 1.29 is 88.8 Å². The van der Waals surface area contributed by atoms with E-state index in [1.165, 1.54) is 233 Å². The van der Waals surface area contributed by atoms with E-state index in [2.05, 4.69) is 125 Å². The Morgan fingerprint density at radius 2 is 0.233 bits per heavy atom. The summed E-state index contributed by atoms with van der Waals surface area (Å²) in [6.45, 7) is 65.4. The van der Waals surface area contributed by atoms with Crippen LogP contribution < -0.4 is 60.0 Å². The van der Waals surface area contributed by atoms with Crippen LogP contribution in [0, 0.1) is 0 Å². The summed E-state index contributed by atoms with van der Waals surface area (Å²) in [5, 5.41) is 58.6. The van der Waals surface area contributed by atoms with Gasteiger partial charge in [0.2, 0.25) is 0 Å². The van der Waals surface area contributed by atoms with Crippen LogP contribution in [-0.4, -0.2) is 154 Å². The fourth-order valence-corrected chi connectivity index (χ4v) is 10.2. The highest BCUT2D eigenvalue weighted by Crippen LogP contribution is 1.98. The molecular weight excluding hydrogens is 1140 g/mol. The maximum Gasteiger partial charge on any atom is 0.0768 e. The van der Waals surface area contributed by atoms with Crippen LogP contribution >= 0.6 is 0 Å². The van der Waals surface area contributed by atoms with Gasteiger partial charge in [-0.05, 0) is 193 Å². The average Bonchev–Trinajstić information content (AvgIpc) is 3.48. The minimum atomic E-state index is -1.14. The van der Waals surface area contributed by atoms with E-state index in [9.17, 15) is 59.4 Å². The monoisotopic (exact) mass is 1300 g/mol. The summed E-state index contributed by atoms with van der Waals surface area (Å²) in [6, 6.07) is 0. The molecule has 0 heterocycles. The third-order valence-corrected chi connectivity index (χ3v) is 13.9. The number of quaternary nitrogens is 6. The lowest BCUT2D eigenvalue weighted by atomic mass is 10.2. The molecule has 0 saturated carbocycles. The summed E-state index contributed by atoms with van der Waals surface area (Å²) in [5.41, 5.74) is 0. The first-order valence-electron chi connectivity index (χ1n) is 37.2. The van der Waals surface area contributed by atoms with Crippen molar-refractivity contribution in [2.45, 2.75) is 317 Å². The number of unbranched alkanes of at least 4 members (excludes halogenated alkanes) is 3. The highest BCUT2D eigenvalue weighted by atomic mass is 16.4. The number of carboxylic acids is 6. The largest absolute Gasteiger partial charge is 0.550 e. The van der Waals surface area contributed by atoms with Gasteiger partial charge in [-0.15, -0.1) is 0 Å². The zero-order chi connectivity index (χ0) is 70.9. The Morgan fingerprint density at radius 1 is 0.167 bits per heavy atom. The van der Waals surface area contributed by atoms with Crippen LogP contribution in [0.25, 0.3) is 0 Å². The number of aliphatic carboxylic acids is 6. The molecule has 90 heavy (non-hydrogen) atoms. The number of hydrogen-bond acceptors (Lipinski definition) is 12. The Morgan fingerprint density at radius 3 is 0.278 bits per heavy atom. The molecular formula is C72H156N6O12. The smallest absolute Gasteiger partial charge is 0.0768 e. The lowest BCUT2D eigenvalue weighted by Crippen LogP contribution is -3.11. The first-order chi connectivity index (χ1) is 43.0. The van der Waals surface area contributed by atoms with Crippen LogP contribution in [0.15, 0.2) is 0 Å². The van der Waals surface area contributed by atoms with Crippen molar-refractivity contribution in [1.82, 2.24) is 0 Å². The predicted molar refractivity (Wildman–Crippen MR) is 364 cm³/mol. The number of carboxylic acid groups (broad SMARTS) is 6. The molecule has 0 spiro atoms. The zero-order valence-electron chi connectivity index (χ0n) is 62.8. The quantitative estimate of drug-likeness (QED) is 0.0461. The summed E-state index contributed by atoms with van der Waals surface area (Å²) in [5.74, 6) is -6.84. The molecule has 0 bridgehead atoms. The third-order valence-electron chi connectivity index (χ3n) is 13.9. The minimum absolute atomic E-state index is 0.0761. The van der Waals surface area contributed by atoms with Crippen molar-refractivity contribution in [3.63, 3.8) is 0 Å². The van der Waals surface area contributed by atoms with Gasteiger partial charge >= 0.3 is 0 Å². The molecule has 0 fully saturated rings. The minimum Gasteiger partial charge on any atom is -0.550 e. The average molecular weight is 1300 g/mol. The highest BCUT2D eigenvalue weighted by molar-refractivity contribution is 5.66. The fraction of sp³-hybridized carbons (Fsp3) is 0.917.